The van der Waals surface area contributed by atoms with Crippen molar-refractivity contribution in [3.05, 3.63) is 96.1 Å². The lowest BCUT2D eigenvalue weighted by Gasteiger charge is -2.29. The molecule has 8 heteroatoms. The van der Waals surface area contributed by atoms with Gasteiger partial charge in [-0.15, -0.1) is 0 Å². The maximum Gasteiger partial charge on any atom is 0.231 e. The van der Waals surface area contributed by atoms with Gasteiger partial charge >= 0.3 is 0 Å². The second-order valence-corrected chi connectivity index (χ2v) is 8.85. The van der Waals surface area contributed by atoms with Crippen LogP contribution in [-0.4, -0.2) is 28.6 Å². The van der Waals surface area contributed by atoms with Crippen LogP contribution in [0, 0.1) is 6.92 Å². The van der Waals surface area contributed by atoms with Crippen molar-refractivity contribution in [2.24, 2.45) is 0 Å². The van der Waals surface area contributed by atoms with Crippen LogP contribution < -0.4 is 24.4 Å². The standard InChI is InChI=1S/C27H24N4O3S/c1-17-6-12-22(30(17)18-7-10-20(32-2)11-8-18)26-25(21-5-3-4-14-28-21)29-27(35)31(26)19-9-13-23-24(15-19)34-16-33-23/h3-15,25-26H,16H2,1-2H3,(H,29,35)/t25-,26+/m0/s1. The highest BCUT2D eigenvalue weighted by Crippen LogP contribution is 2.45. The molecule has 176 valence electrons. The number of anilines is 1. The number of nitrogens with one attached hydrogen (secondary N) is 1. The van der Waals surface area contributed by atoms with Crippen molar-refractivity contribution in [3.8, 4) is 22.9 Å². The largest absolute Gasteiger partial charge is 0.497 e. The van der Waals surface area contributed by atoms with Crippen molar-refractivity contribution >= 4 is 23.0 Å². The number of benzene rings is 2. The first-order valence-electron chi connectivity index (χ1n) is 11.4. The number of aryl methyl sites for hydroxylation is 1. The van der Waals surface area contributed by atoms with E-state index in [1.54, 1.807) is 7.11 Å². The predicted octanol–water partition coefficient (Wildman–Crippen LogP) is 5.10. The summed E-state index contributed by atoms with van der Waals surface area (Å²) in [4.78, 5) is 6.81. The molecule has 0 aliphatic carbocycles. The minimum absolute atomic E-state index is 0.152. The molecule has 6 rings (SSSR count). The van der Waals surface area contributed by atoms with Gasteiger partial charge in [0.05, 0.1) is 18.8 Å². The number of pyridine rings is 1. The maximum atomic E-state index is 5.89. The molecule has 1 saturated heterocycles. The monoisotopic (exact) mass is 484 g/mol. The van der Waals surface area contributed by atoms with Crippen LogP contribution in [0.4, 0.5) is 5.69 Å². The lowest BCUT2D eigenvalue weighted by Crippen LogP contribution is -2.30. The summed E-state index contributed by atoms with van der Waals surface area (Å²) in [5.74, 6) is 2.27. The summed E-state index contributed by atoms with van der Waals surface area (Å²) >= 11 is 5.89. The number of nitrogens with zero attached hydrogens (tertiary/aromatic N) is 3. The van der Waals surface area contributed by atoms with Gasteiger partial charge in [0, 0.05) is 35.0 Å². The second-order valence-electron chi connectivity index (χ2n) is 8.47. The predicted molar refractivity (Wildman–Crippen MR) is 138 cm³/mol. The quantitative estimate of drug-likeness (QED) is 0.396. The van der Waals surface area contributed by atoms with E-state index in [0.717, 1.165) is 40.0 Å². The van der Waals surface area contributed by atoms with Crippen molar-refractivity contribution in [3.63, 3.8) is 0 Å². The fourth-order valence-corrected chi connectivity index (χ4v) is 5.19. The van der Waals surface area contributed by atoms with Gasteiger partial charge in [-0.3, -0.25) is 4.98 Å². The van der Waals surface area contributed by atoms with Gasteiger partial charge in [-0.25, -0.2) is 0 Å². The van der Waals surface area contributed by atoms with E-state index < -0.39 is 0 Å². The van der Waals surface area contributed by atoms with Crippen LogP contribution in [0.3, 0.4) is 0 Å². The van der Waals surface area contributed by atoms with Crippen LogP contribution in [0.2, 0.25) is 0 Å². The van der Waals surface area contributed by atoms with Gasteiger partial charge in [-0.2, -0.15) is 0 Å². The molecule has 2 aromatic carbocycles. The van der Waals surface area contributed by atoms with Crippen LogP contribution in [0.1, 0.15) is 29.2 Å². The number of rotatable bonds is 5. The lowest BCUT2D eigenvalue weighted by molar-refractivity contribution is 0.174. The van der Waals surface area contributed by atoms with E-state index in [0.29, 0.717) is 10.9 Å². The minimum Gasteiger partial charge on any atom is -0.497 e. The Balaban J connectivity index is 1.51. The number of hydrogen-bond donors (Lipinski definition) is 1. The molecule has 0 radical (unpaired) electrons. The molecule has 0 unspecified atom stereocenters. The molecule has 1 fully saturated rings. The molecule has 2 aliphatic rings. The summed E-state index contributed by atoms with van der Waals surface area (Å²) in [6, 6.07) is 24.0. The number of aromatic nitrogens is 2. The lowest BCUT2D eigenvalue weighted by atomic mass is 10.0. The zero-order valence-electron chi connectivity index (χ0n) is 19.3. The van der Waals surface area contributed by atoms with Gasteiger partial charge < -0.3 is 29.0 Å². The van der Waals surface area contributed by atoms with Gasteiger partial charge in [-0.1, -0.05) is 6.07 Å². The van der Waals surface area contributed by atoms with E-state index in [9.17, 15) is 0 Å². The molecular weight excluding hydrogens is 460 g/mol. The zero-order valence-corrected chi connectivity index (χ0v) is 20.2. The van der Waals surface area contributed by atoms with Gasteiger partial charge in [0.2, 0.25) is 6.79 Å². The second kappa shape index (κ2) is 8.63. The molecule has 35 heavy (non-hydrogen) atoms. The highest BCUT2D eigenvalue weighted by molar-refractivity contribution is 7.80. The number of methoxy groups -OCH3 is 1. The molecule has 4 aromatic rings. The number of ether oxygens (including phenoxy) is 3. The number of hydrogen-bond acceptors (Lipinski definition) is 5. The third-order valence-corrected chi connectivity index (χ3v) is 6.79. The molecule has 4 heterocycles. The van der Waals surface area contributed by atoms with Crippen LogP contribution in [0.25, 0.3) is 5.69 Å². The molecule has 0 amide bonds. The van der Waals surface area contributed by atoms with E-state index in [1.165, 1.54) is 0 Å². The average molecular weight is 485 g/mol. The molecule has 0 bridgehead atoms. The van der Waals surface area contributed by atoms with Crippen molar-refractivity contribution < 1.29 is 14.2 Å². The Morgan fingerprint density at radius 3 is 2.54 bits per heavy atom. The fraction of sp³-hybridized carbons (Fsp3) is 0.185. The first kappa shape index (κ1) is 21.5. The summed E-state index contributed by atoms with van der Waals surface area (Å²) in [6.07, 6.45) is 1.81. The SMILES string of the molecule is COc1ccc(-n2c(C)ccc2[C@@H]2[C@H](c3ccccn3)NC(=S)N2c2ccc3c(c2)OCO3)cc1. The highest BCUT2D eigenvalue weighted by atomic mass is 32.1. The van der Waals surface area contributed by atoms with Gasteiger partial charge in [0.15, 0.2) is 16.6 Å². The Kier molecular flexibility index (Phi) is 5.30. The van der Waals surface area contributed by atoms with Gasteiger partial charge in [0.25, 0.3) is 0 Å². The molecule has 2 aliphatic heterocycles. The molecule has 2 atom stereocenters. The topological polar surface area (TPSA) is 60.8 Å². The Bertz CT molecular complexity index is 1390. The van der Waals surface area contributed by atoms with E-state index in [1.807, 2.05) is 54.7 Å². The highest BCUT2D eigenvalue weighted by Gasteiger charge is 2.42. The summed E-state index contributed by atoms with van der Waals surface area (Å²) in [5, 5.41) is 4.16. The van der Waals surface area contributed by atoms with E-state index in [2.05, 4.69) is 51.0 Å². The Labute approximate surface area is 208 Å². The van der Waals surface area contributed by atoms with Crippen molar-refractivity contribution in [2.75, 3.05) is 18.8 Å². The molecule has 1 N–H and O–H groups in total. The molecule has 0 saturated carbocycles. The van der Waals surface area contributed by atoms with Crippen molar-refractivity contribution in [2.45, 2.75) is 19.0 Å². The van der Waals surface area contributed by atoms with E-state index >= 15 is 0 Å². The third-order valence-electron chi connectivity index (χ3n) is 6.47. The smallest absolute Gasteiger partial charge is 0.231 e. The molecular formula is C27H24N4O3S. The van der Waals surface area contributed by atoms with E-state index in [-0.39, 0.29) is 18.9 Å². The number of fused-ring (bicyclic) bond motifs is 1. The van der Waals surface area contributed by atoms with E-state index in [4.69, 9.17) is 26.4 Å². The van der Waals surface area contributed by atoms with Gasteiger partial charge in [0.1, 0.15) is 11.8 Å². The molecule has 7 nitrogen and oxygen atoms in total. The Morgan fingerprint density at radius 1 is 0.971 bits per heavy atom. The van der Waals surface area contributed by atoms with Crippen LogP contribution in [-0.2, 0) is 0 Å². The summed E-state index contributed by atoms with van der Waals surface area (Å²) < 4.78 is 18.8. The Morgan fingerprint density at radius 2 is 1.77 bits per heavy atom. The van der Waals surface area contributed by atoms with Crippen LogP contribution >= 0.6 is 12.2 Å². The zero-order chi connectivity index (χ0) is 23.9. The van der Waals surface area contributed by atoms with Crippen molar-refractivity contribution in [1.82, 2.24) is 14.9 Å². The summed E-state index contributed by atoms with van der Waals surface area (Å²) in [6.45, 7) is 2.33. The minimum atomic E-state index is -0.159. The first-order valence-corrected chi connectivity index (χ1v) is 11.8. The Hall–Kier alpha value is -4.04. The molecule has 2 aromatic heterocycles. The maximum absolute atomic E-state index is 5.89. The first-order chi connectivity index (χ1) is 17.1. The normalized spacial score (nSPS) is 18.6. The summed E-state index contributed by atoms with van der Waals surface area (Å²) in [5.41, 5.74) is 5.10. The third kappa shape index (κ3) is 3.66. The summed E-state index contributed by atoms with van der Waals surface area (Å²) in [7, 11) is 1.67. The number of thiocarbonyl (C=S) groups is 1. The molecule has 0 spiro atoms. The fourth-order valence-electron chi connectivity index (χ4n) is 4.84. The van der Waals surface area contributed by atoms with Crippen LogP contribution in [0.15, 0.2) is 79.0 Å². The van der Waals surface area contributed by atoms with Gasteiger partial charge in [-0.05, 0) is 79.8 Å². The van der Waals surface area contributed by atoms with Crippen LogP contribution in [0.5, 0.6) is 17.2 Å². The van der Waals surface area contributed by atoms with Crippen molar-refractivity contribution in [1.29, 1.82) is 0 Å². The average Bonchev–Trinajstić information content (AvgIpc) is 3.60.